The SMILES string of the molecule is CC(C)(C)c1ncc(CN(CCO)CCN2CCOCC2)s1. The highest BCUT2D eigenvalue weighted by Crippen LogP contribution is 2.27. The summed E-state index contributed by atoms with van der Waals surface area (Å²) in [7, 11) is 0. The molecule has 0 spiro atoms. The van der Waals surface area contributed by atoms with Crippen LogP contribution in [0.2, 0.25) is 0 Å². The fraction of sp³-hybridized carbons (Fsp3) is 0.812. The lowest BCUT2D eigenvalue weighted by atomic mass is 9.98. The highest BCUT2D eigenvalue weighted by atomic mass is 32.1. The number of hydrogen-bond acceptors (Lipinski definition) is 6. The maximum Gasteiger partial charge on any atom is 0.0981 e. The average molecular weight is 327 g/mol. The molecule has 0 atom stereocenters. The fourth-order valence-electron chi connectivity index (χ4n) is 2.47. The molecule has 1 saturated heterocycles. The summed E-state index contributed by atoms with van der Waals surface area (Å²) < 4.78 is 5.38. The van der Waals surface area contributed by atoms with Crippen molar-refractivity contribution in [1.82, 2.24) is 14.8 Å². The largest absolute Gasteiger partial charge is 0.395 e. The molecule has 0 unspecified atom stereocenters. The molecule has 1 aromatic rings. The molecule has 2 heterocycles. The summed E-state index contributed by atoms with van der Waals surface area (Å²) in [5.74, 6) is 0. The Hall–Kier alpha value is -0.530. The third kappa shape index (κ3) is 5.59. The van der Waals surface area contributed by atoms with Crippen LogP contribution in [0.15, 0.2) is 6.20 Å². The standard InChI is InChI=1S/C16H29N3O2S/c1-16(2,3)15-17-12-14(22-15)13-19(6-9-20)5-4-18-7-10-21-11-8-18/h12,20H,4-11,13H2,1-3H3. The molecule has 2 rings (SSSR count). The van der Waals surface area contributed by atoms with Gasteiger partial charge in [-0.3, -0.25) is 9.80 Å². The van der Waals surface area contributed by atoms with E-state index in [1.54, 1.807) is 11.3 Å². The van der Waals surface area contributed by atoms with Gasteiger partial charge in [-0.05, 0) is 0 Å². The molecule has 1 fully saturated rings. The van der Waals surface area contributed by atoms with E-state index < -0.39 is 0 Å². The van der Waals surface area contributed by atoms with E-state index in [0.717, 1.165) is 45.9 Å². The molecule has 0 saturated carbocycles. The van der Waals surface area contributed by atoms with Crippen molar-refractivity contribution < 1.29 is 9.84 Å². The van der Waals surface area contributed by atoms with E-state index in [9.17, 15) is 5.11 Å². The van der Waals surface area contributed by atoms with E-state index in [2.05, 4.69) is 35.6 Å². The van der Waals surface area contributed by atoms with Crippen LogP contribution in [-0.2, 0) is 16.7 Å². The molecule has 126 valence electrons. The van der Waals surface area contributed by atoms with Crippen molar-refractivity contribution >= 4 is 11.3 Å². The first kappa shape index (κ1) is 17.8. The van der Waals surface area contributed by atoms with Gasteiger partial charge in [0.25, 0.3) is 0 Å². The van der Waals surface area contributed by atoms with Crippen LogP contribution in [0.5, 0.6) is 0 Å². The number of hydrogen-bond donors (Lipinski definition) is 1. The van der Waals surface area contributed by atoms with Gasteiger partial charge < -0.3 is 9.84 Å². The van der Waals surface area contributed by atoms with E-state index in [1.807, 2.05) is 6.20 Å². The molecule has 0 amide bonds. The van der Waals surface area contributed by atoms with Gasteiger partial charge in [-0.25, -0.2) is 4.98 Å². The summed E-state index contributed by atoms with van der Waals surface area (Å²) in [6, 6.07) is 0. The number of rotatable bonds is 7. The van der Waals surface area contributed by atoms with Crippen LogP contribution in [-0.4, -0.2) is 72.4 Å². The quantitative estimate of drug-likeness (QED) is 0.824. The van der Waals surface area contributed by atoms with Crippen molar-refractivity contribution in [3.05, 3.63) is 16.1 Å². The molecule has 1 aliphatic heterocycles. The van der Waals surface area contributed by atoms with E-state index in [-0.39, 0.29) is 12.0 Å². The molecular weight excluding hydrogens is 298 g/mol. The summed E-state index contributed by atoms with van der Waals surface area (Å²) in [5.41, 5.74) is 0.110. The van der Waals surface area contributed by atoms with Gasteiger partial charge in [0.15, 0.2) is 0 Å². The monoisotopic (exact) mass is 327 g/mol. The Labute approximate surface area is 137 Å². The lowest BCUT2D eigenvalue weighted by molar-refractivity contribution is 0.0321. The number of morpholine rings is 1. The van der Waals surface area contributed by atoms with Gasteiger partial charge >= 0.3 is 0 Å². The first-order valence-corrected chi connectivity index (χ1v) is 8.89. The third-order valence-electron chi connectivity index (χ3n) is 3.83. The van der Waals surface area contributed by atoms with E-state index >= 15 is 0 Å². The van der Waals surface area contributed by atoms with Crippen molar-refractivity contribution in [3.63, 3.8) is 0 Å². The van der Waals surface area contributed by atoms with Gasteiger partial charge in [-0.15, -0.1) is 11.3 Å². The fourth-order valence-corrected chi connectivity index (χ4v) is 3.48. The lowest BCUT2D eigenvalue weighted by Gasteiger charge is -2.29. The van der Waals surface area contributed by atoms with Gasteiger partial charge in [-0.2, -0.15) is 0 Å². The molecule has 0 bridgehead atoms. The smallest absolute Gasteiger partial charge is 0.0981 e. The Morgan fingerprint density at radius 2 is 2.05 bits per heavy atom. The Bertz CT molecular complexity index is 439. The second-order valence-electron chi connectivity index (χ2n) is 6.84. The minimum absolute atomic E-state index is 0.110. The summed E-state index contributed by atoms with van der Waals surface area (Å²) in [6.07, 6.45) is 1.99. The molecular formula is C16H29N3O2S. The first-order chi connectivity index (χ1) is 10.5. The molecule has 0 radical (unpaired) electrons. The Morgan fingerprint density at radius 3 is 2.64 bits per heavy atom. The number of thiazole rings is 1. The minimum atomic E-state index is 0.110. The van der Waals surface area contributed by atoms with Crippen LogP contribution in [0.1, 0.15) is 30.7 Å². The zero-order valence-corrected chi connectivity index (χ0v) is 14.9. The van der Waals surface area contributed by atoms with E-state index in [0.29, 0.717) is 6.54 Å². The average Bonchev–Trinajstić information content (AvgIpc) is 2.95. The molecule has 1 N–H and O–H groups in total. The minimum Gasteiger partial charge on any atom is -0.395 e. The normalized spacial score (nSPS) is 17.3. The van der Waals surface area contributed by atoms with Crippen molar-refractivity contribution in [1.29, 1.82) is 0 Å². The Morgan fingerprint density at radius 1 is 1.32 bits per heavy atom. The summed E-state index contributed by atoms with van der Waals surface area (Å²) in [4.78, 5) is 10.6. The van der Waals surface area contributed by atoms with E-state index in [4.69, 9.17) is 4.74 Å². The summed E-state index contributed by atoms with van der Waals surface area (Å²) in [6.45, 7) is 14.1. The molecule has 0 aromatic carbocycles. The summed E-state index contributed by atoms with van der Waals surface area (Å²) in [5, 5.41) is 10.5. The van der Waals surface area contributed by atoms with Crippen LogP contribution < -0.4 is 0 Å². The second kappa shape index (κ2) is 8.36. The number of aromatic nitrogens is 1. The Balaban J connectivity index is 1.86. The van der Waals surface area contributed by atoms with Crippen molar-refractivity contribution in [2.24, 2.45) is 0 Å². The molecule has 1 aromatic heterocycles. The molecule has 0 aliphatic carbocycles. The van der Waals surface area contributed by atoms with Crippen LogP contribution >= 0.6 is 11.3 Å². The molecule has 6 heteroatoms. The highest BCUT2D eigenvalue weighted by molar-refractivity contribution is 7.11. The zero-order chi connectivity index (χ0) is 16.0. The number of ether oxygens (including phenoxy) is 1. The van der Waals surface area contributed by atoms with Gasteiger partial charge in [-0.1, -0.05) is 20.8 Å². The van der Waals surface area contributed by atoms with Gasteiger partial charge in [0.05, 0.1) is 24.8 Å². The van der Waals surface area contributed by atoms with Crippen molar-refractivity contribution in [2.75, 3.05) is 52.5 Å². The molecule has 5 nitrogen and oxygen atoms in total. The number of aliphatic hydroxyl groups excluding tert-OH is 1. The second-order valence-corrected chi connectivity index (χ2v) is 7.95. The molecule has 22 heavy (non-hydrogen) atoms. The molecule has 1 aliphatic rings. The predicted molar refractivity (Wildman–Crippen MR) is 90.4 cm³/mol. The third-order valence-corrected chi connectivity index (χ3v) is 5.23. The summed E-state index contributed by atoms with van der Waals surface area (Å²) >= 11 is 1.79. The van der Waals surface area contributed by atoms with Crippen molar-refractivity contribution in [2.45, 2.75) is 32.7 Å². The topological polar surface area (TPSA) is 48.8 Å². The maximum absolute atomic E-state index is 9.30. The number of aliphatic hydroxyl groups is 1. The van der Waals surface area contributed by atoms with Gasteiger partial charge in [0.2, 0.25) is 0 Å². The zero-order valence-electron chi connectivity index (χ0n) is 14.0. The van der Waals surface area contributed by atoms with Crippen LogP contribution in [0.25, 0.3) is 0 Å². The number of nitrogens with zero attached hydrogens (tertiary/aromatic N) is 3. The predicted octanol–water partition coefficient (Wildman–Crippen LogP) is 1.57. The highest BCUT2D eigenvalue weighted by Gasteiger charge is 2.19. The van der Waals surface area contributed by atoms with Gasteiger partial charge in [0, 0.05) is 55.8 Å². The van der Waals surface area contributed by atoms with Crippen molar-refractivity contribution in [3.8, 4) is 0 Å². The van der Waals surface area contributed by atoms with Crippen LogP contribution in [0.4, 0.5) is 0 Å². The van der Waals surface area contributed by atoms with E-state index in [1.165, 1.54) is 9.88 Å². The maximum atomic E-state index is 9.30. The van der Waals surface area contributed by atoms with Gasteiger partial charge in [0.1, 0.15) is 0 Å². The first-order valence-electron chi connectivity index (χ1n) is 8.07. The lowest BCUT2D eigenvalue weighted by Crippen LogP contribution is -2.41. The van der Waals surface area contributed by atoms with Crippen LogP contribution in [0, 0.1) is 0 Å². The van der Waals surface area contributed by atoms with Crippen LogP contribution in [0.3, 0.4) is 0 Å². The Kier molecular flexibility index (Phi) is 6.77.